The zero-order chi connectivity index (χ0) is 24.7. The van der Waals surface area contributed by atoms with Gasteiger partial charge in [-0.05, 0) is 79.9 Å². The fourth-order valence-electron chi connectivity index (χ4n) is 6.79. The SMILES string of the molecule is CC1(C)c2ccccc2-c2c1ccc1c2-c2ccccc2C1(c1cccc(Br)c1)c1cccc(Br)c1. The van der Waals surface area contributed by atoms with Crippen LogP contribution in [0.4, 0.5) is 0 Å². The molecule has 0 nitrogen and oxygen atoms in total. The molecule has 0 heterocycles. The van der Waals surface area contributed by atoms with E-state index in [-0.39, 0.29) is 5.41 Å². The summed E-state index contributed by atoms with van der Waals surface area (Å²) in [7, 11) is 0. The lowest BCUT2D eigenvalue weighted by Crippen LogP contribution is -2.28. The fourth-order valence-corrected chi connectivity index (χ4v) is 7.59. The largest absolute Gasteiger partial charge is 0.0714 e. The number of hydrogen-bond donors (Lipinski definition) is 0. The maximum Gasteiger partial charge on any atom is 0.0714 e. The van der Waals surface area contributed by atoms with E-state index in [0.717, 1.165) is 8.95 Å². The predicted molar refractivity (Wildman–Crippen MR) is 157 cm³/mol. The first-order valence-electron chi connectivity index (χ1n) is 12.3. The van der Waals surface area contributed by atoms with Gasteiger partial charge in [0.15, 0.2) is 0 Å². The summed E-state index contributed by atoms with van der Waals surface area (Å²) in [6, 6.07) is 40.5. The third kappa shape index (κ3) is 2.80. The topological polar surface area (TPSA) is 0 Å². The number of rotatable bonds is 2. The van der Waals surface area contributed by atoms with Crippen molar-refractivity contribution in [2.75, 3.05) is 0 Å². The van der Waals surface area contributed by atoms with Gasteiger partial charge in [-0.3, -0.25) is 0 Å². The minimum Gasteiger partial charge on any atom is -0.0619 e. The Hall–Kier alpha value is -2.94. The van der Waals surface area contributed by atoms with E-state index < -0.39 is 5.41 Å². The Morgan fingerprint density at radius 3 is 1.58 bits per heavy atom. The standard InChI is InChI=1S/C34H24Br2/c1-33(2)27-15-5-3-13-25(27)31-29(33)17-18-30-32(31)26-14-4-6-16-28(26)34(30,21-9-7-11-23(35)19-21)22-10-8-12-24(36)20-22/h3-20H,1-2H3. The molecule has 0 atom stereocenters. The van der Waals surface area contributed by atoms with Crippen LogP contribution in [-0.4, -0.2) is 0 Å². The zero-order valence-electron chi connectivity index (χ0n) is 20.1. The molecule has 0 aliphatic heterocycles. The minimum atomic E-state index is -0.420. The highest BCUT2D eigenvalue weighted by molar-refractivity contribution is 9.10. The first-order chi connectivity index (χ1) is 17.4. The van der Waals surface area contributed by atoms with Crippen molar-refractivity contribution in [1.29, 1.82) is 0 Å². The van der Waals surface area contributed by atoms with Gasteiger partial charge >= 0.3 is 0 Å². The summed E-state index contributed by atoms with van der Waals surface area (Å²) >= 11 is 7.55. The summed E-state index contributed by atoms with van der Waals surface area (Å²) in [5, 5.41) is 0. The van der Waals surface area contributed by atoms with Gasteiger partial charge in [0.1, 0.15) is 0 Å². The Labute approximate surface area is 229 Å². The van der Waals surface area contributed by atoms with Crippen LogP contribution in [0.3, 0.4) is 0 Å². The van der Waals surface area contributed by atoms with E-state index in [9.17, 15) is 0 Å². The van der Waals surface area contributed by atoms with E-state index in [1.54, 1.807) is 0 Å². The van der Waals surface area contributed by atoms with Crippen molar-refractivity contribution in [2.24, 2.45) is 0 Å². The van der Waals surface area contributed by atoms with Crippen molar-refractivity contribution in [1.82, 2.24) is 0 Å². The molecular weight excluding hydrogens is 568 g/mol. The first kappa shape index (κ1) is 22.3. The second kappa shape index (κ2) is 7.78. The Balaban J connectivity index is 1.69. The van der Waals surface area contributed by atoms with Crippen LogP contribution in [0.2, 0.25) is 0 Å². The van der Waals surface area contributed by atoms with Gasteiger partial charge in [-0.15, -0.1) is 0 Å². The summed E-state index contributed by atoms with van der Waals surface area (Å²) in [5.41, 5.74) is 13.1. The molecule has 36 heavy (non-hydrogen) atoms. The number of hydrogen-bond acceptors (Lipinski definition) is 0. The predicted octanol–water partition coefficient (Wildman–Crippen LogP) is 9.88. The molecule has 0 aromatic heterocycles. The number of benzene rings is 5. The van der Waals surface area contributed by atoms with E-state index in [1.807, 2.05) is 0 Å². The molecule has 2 heteroatoms. The van der Waals surface area contributed by atoms with Gasteiger partial charge in [-0.2, -0.15) is 0 Å². The summed E-state index contributed by atoms with van der Waals surface area (Å²) in [6.07, 6.45) is 0. The lowest BCUT2D eigenvalue weighted by atomic mass is 9.67. The van der Waals surface area contributed by atoms with E-state index in [1.165, 1.54) is 55.6 Å². The highest BCUT2D eigenvalue weighted by atomic mass is 79.9. The quantitative estimate of drug-likeness (QED) is 0.188. The average Bonchev–Trinajstić information content (AvgIpc) is 3.31. The van der Waals surface area contributed by atoms with Crippen molar-refractivity contribution in [3.05, 3.63) is 152 Å². The van der Waals surface area contributed by atoms with Crippen LogP contribution >= 0.6 is 31.9 Å². The Bertz CT molecular complexity index is 1650. The smallest absolute Gasteiger partial charge is 0.0619 e. The molecule has 0 saturated carbocycles. The molecule has 7 rings (SSSR count). The van der Waals surface area contributed by atoms with E-state index in [2.05, 4.69) is 155 Å². The molecule has 174 valence electrons. The monoisotopic (exact) mass is 590 g/mol. The lowest BCUT2D eigenvalue weighted by Gasteiger charge is -2.34. The van der Waals surface area contributed by atoms with E-state index in [0.29, 0.717) is 0 Å². The normalized spacial score (nSPS) is 15.7. The van der Waals surface area contributed by atoms with Crippen LogP contribution in [0, 0.1) is 0 Å². The summed E-state index contributed by atoms with van der Waals surface area (Å²) < 4.78 is 2.18. The zero-order valence-corrected chi connectivity index (χ0v) is 23.3. The second-order valence-electron chi connectivity index (χ2n) is 10.4. The molecule has 0 saturated heterocycles. The van der Waals surface area contributed by atoms with Gasteiger partial charge in [-0.1, -0.05) is 131 Å². The molecular formula is C34H24Br2. The van der Waals surface area contributed by atoms with Gasteiger partial charge in [0.2, 0.25) is 0 Å². The third-order valence-electron chi connectivity index (χ3n) is 8.27. The molecule has 0 unspecified atom stereocenters. The Morgan fingerprint density at radius 2 is 0.972 bits per heavy atom. The molecule has 2 aliphatic carbocycles. The molecule has 0 radical (unpaired) electrons. The van der Waals surface area contributed by atoms with Gasteiger partial charge in [0.05, 0.1) is 5.41 Å². The van der Waals surface area contributed by atoms with Crippen molar-refractivity contribution >= 4 is 31.9 Å². The Morgan fingerprint density at radius 1 is 0.472 bits per heavy atom. The van der Waals surface area contributed by atoms with Gasteiger partial charge < -0.3 is 0 Å². The molecule has 5 aromatic rings. The Kier molecular flexibility index (Phi) is 4.81. The second-order valence-corrected chi connectivity index (χ2v) is 12.2. The van der Waals surface area contributed by atoms with Crippen molar-refractivity contribution in [3.8, 4) is 22.3 Å². The van der Waals surface area contributed by atoms with Crippen LogP contribution in [-0.2, 0) is 10.8 Å². The van der Waals surface area contributed by atoms with Gasteiger partial charge in [0, 0.05) is 14.4 Å². The van der Waals surface area contributed by atoms with Crippen molar-refractivity contribution < 1.29 is 0 Å². The van der Waals surface area contributed by atoms with Crippen LogP contribution in [0.5, 0.6) is 0 Å². The fraction of sp³-hybridized carbons (Fsp3) is 0.118. The van der Waals surface area contributed by atoms with Crippen LogP contribution < -0.4 is 0 Å². The van der Waals surface area contributed by atoms with E-state index >= 15 is 0 Å². The van der Waals surface area contributed by atoms with Gasteiger partial charge in [-0.25, -0.2) is 0 Å². The maximum atomic E-state index is 3.78. The third-order valence-corrected chi connectivity index (χ3v) is 9.25. The summed E-state index contributed by atoms with van der Waals surface area (Å²) in [6.45, 7) is 4.72. The maximum absolute atomic E-state index is 3.78. The highest BCUT2D eigenvalue weighted by Crippen LogP contribution is 2.62. The molecule has 2 aliphatic rings. The average molecular weight is 592 g/mol. The minimum absolute atomic E-state index is 0.0350. The van der Waals surface area contributed by atoms with Crippen LogP contribution in [0.1, 0.15) is 47.2 Å². The van der Waals surface area contributed by atoms with E-state index in [4.69, 9.17) is 0 Å². The van der Waals surface area contributed by atoms with Crippen LogP contribution in [0.15, 0.2) is 118 Å². The van der Waals surface area contributed by atoms with Gasteiger partial charge in [0.25, 0.3) is 0 Å². The number of fused-ring (bicyclic) bond motifs is 7. The lowest BCUT2D eigenvalue weighted by molar-refractivity contribution is 0.659. The van der Waals surface area contributed by atoms with Crippen molar-refractivity contribution in [2.45, 2.75) is 24.7 Å². The molecule has 0 spiro atoms. The highest BCUT2D eigenvalue weighted by Gasteiger charge is 2.49. The molecule has 0 fully saturated rings. The summed E-state index contributed by atoms with van der Waals surface area (Å²) in [4.78, 5) is 0. The van der Waals surface area contributed by atoms with Crippen LogP contribution in [0.25, 0.3) is 22.3 Å². The first-order valence-corrected chi connectivity index (χ1v) is 13.9. The number of halogens is 2. The molecule has 0 N–H and O–H groups in total. The molecule has 0 bridgehead atoms. The molecule has 5 aromatic carbocycles. The van der Waals surface area contributed by atoms with Crippen molar-refractivity contribution in [3.63, 3.8) is 0 Å². The summed E-state index contributed by atoms with van der Waals surface area (Å²) in [5.74, 6) is 0. The molecule has 0 amide bonds.